The van der Waals surface area contributed by atoms with Crippen LogP contribution in [0.5, 0.6) is 0 Å². The van der Waals surface area contributed by atoms with E-state index in [0.29, 0.717) is 5.56 Å². The summed E-state index contributed by atoms with van der Waals surface area (Å²) in [7, 11) is -0.205. The molecule has 0 aliphatic rings. The standard InChI is InChI=1S/C16H26N2O3S/c1-7-13(4)17(5)16(19)14-8-10-15(11-9-14)22(20,21)18(6)12(2)3/h8-13H,7H2,1-6H3. The summed E-state index contributed by atoms with van der Waals surface area (Å²) in [4.78, 5) is 14.2. The molecular weight excluding hydrogens is 300 g/mol. The number of sulfonamides is 1. The Bertz CT molecular complexity index is 609. The molecule has 1 aromatic rings. The van der Waals surface area contributed by atoms with Gasteiger partial charge in [-0.3, -0.25) is 4.79 Å². The van der Waals surface area contributed by atoms with Gasteiger partial charge in [-0.1, -0.05) is 6.92 Å². The van der Waals surface area contributed by atoms with Crippen molar-refractivity contribution < 1.29 is 13.2 Å². The first-order chi connectivity index (χ1) is 10.1. The van der Waals surface area contributed by atoms with Gasteiger partial charge < -0.3 is 4.90 Å². The molecule has 5 nitrogen and oxygen atoms in total. The summed E-state index contributed by atoms with van der Waals surface area (Å²) in [6, 6.07) is 6.15. The van der Waals surface area contributed by atoms with Gasteiger partial charge in [-0.2, -0.15) is 4.31 Å². The number of benzene rings is 1. The summed E-state index contributed by atoms with van der Waals surface area (Å²) in [6.07, 6.45) is 0.869. The highest BCUT2D eigenvalue weighted by Gasteiger charge is 2.23. The van der Waals surface area contributed by atoms with Gasteiger partial charge in [0.05, 0.1) is 4.90 Å². The zero-order valence-electron chi connectivity index (χ0n) is 14.2. The summed E-state index contributed by atoms with van der Waals surface area (Å²) < 4.78 is 26.1. The van der Waals surface area contributed by atoms with E-state index in [2.05, 4.69) is 0 Å². The molecule has 0 fully saturated rings. The highest BCUT2D eigenvalue weighted by atomic mass is 32.2. The van der Waals surface area contributed by atoms with Crippen molar-refractivity contribution in [1.82, 2.24) is 9.21 Å². The molecule has 0 aromatic heterocycles. The van der Waals surface area contributed by atoms with Crippen LogP contribution in [0.4, 0.5) is 0 Å². The van der Waals surface area contributed by atoms with Crippen molar-refractivity contribution in [3.05, 3.63) is 29.8 Å². The Morgan fingerprint density at radius 3 is 2.00 bits per heavy atom. The molecule has 0 saturated carbocycles. The maximum atomic E-state index is 12.4. The average Bonchev–Trinajstić information content (AvgIpc) is 2.51. The quantitative estimate of drug-likeness (QED) is 0.807. The predicted molar refractivity (Wildman–Crippen MR) is 88.4 cm³/mol. The lowest BCUT2D eigenvalue weighted by Gasteiger charge is -2.24. The van der Waals surface area contributed by atoms with E-state index in [1.54, 1.807) is 31.1 Å². The van der Waals surface area contributed by atoms with E-state index in [-0.39, 0.29) is 22.9 Å². The number of carbonyl (C=O) groups is 1. The molecule has 0 spiro atoms. The molecule has 1 rings (SSSR count). The first kappa shape index (κ1) is 18.6. The Kier molecular flexibility index (Phi) is 6.14. The van der Waals surface area contributed by atoms with Gasteiger partial charge in [-0.25, -0.2) is 8.42 Å². The van der Waals surface area contributed by atoms with Gasteiger partial charge in [0.15, 0.2) is 0 Å². The fraction of sp³-hybridized carbons (Fsp3) is 0.562. The maximum absolute atomic E-state index is 12.4. The van der Waals surface area contributed by atoms with Crippen molar-refractivity contribution >= 4 is 15.9 Å². The predicted octanol–water partition coefficient (Wildman–Crippen LogP) is 2.59. The van der Waals surface area contributed by atoms with Gasteiger partial charge in [0, 0.05) is 31.7 Å². The molecule has 0 radical (unpaired) electrons. The summed E-state index contributed by atoms with van der Waals surface area (Å²) in [5.41, 5.74) is 0.494. The highest BCUT2D eigenvalue weighted by Crippen LogP contribution is 2.18. The van der Waals surface area contributed by atoms with E-state index in [1.165, 1.54) is 16.4 Å². The normalized spacial score (nSPS) is 13.5. The van der Waals surface area contributed by atoms with Crippen LogP contribution in [0.25, 0.3) is 0 Å². The largest absolute Gasteiger partial charge is 0.339 e. The Labute approximate surface area is 134 Å². The Hall–Kier alpha value is -1.40. The van der Waals surface area contributed by atoms with Gasteiger partial charge in [-0.15, -0.1) is 0 Å². The molecule has 0 bridgehead atoms. The summed E-state index contributed by atoms with van der Waals surface area (Å²) in [5, 5.41) is 0. The molecule has 0 aliphatic carbocycles. The topological polar surface area (TPSA) is 57.7 Å². The third-order valence-corrected chi connectivity index (χ3v) is 6.13. The minimum atomic E-state index is -3.51. The molecule has 0 saturated heterocycles. The summed E-state index contributed by atoms with van der Waals surface area (Å²) in [6.45, 7) is 7.63. The van der Waals surface area contributed by atoms with Crippen molar-refractivity contribution in [2.75, 3.05) is 14.1 Å². The molecule has 1 unspecified atom stereocenters. The SMILES string of the molecule is CCC(C)N(C)C(=O)c1ccc(S(=O)(=O)N(C)C(C)C)cc1. The van der Waals surface area contributed by atoms with E-state index in [9.17, 15) is 13.2 Å². The van der Waals surface area contributed by atoms with Crippen molar-refractivity contribution in [2.45, 2.75) is 51.1 Å². The lowest BCUT2D eigenvalue weighted by Crippen LogP contribution is -2.35. The van der Waals surface area contributed by atoms with Crippen LogP contribution in [0.15, 0.2) is 29.2 Å². The molecular formula is C16H26N2O3S. The fourth-order valence-corrected chi connectivity index (χ4v) is 3.26. The number of hydrogen-bond acceptors (Lipinski definition) is 3. The molecule has 0 aliphatic heterocycles. The van der Waals surface area contributed by atoms with Crippen LogP contribution >= 0.6 is 0 Å². The van der Waals surface area contributed by atoms with Gasteiger partial charge in [0.2, 0.25) is 10.0 Å². The molecule has 0 heterocycles. The Morgan fingerprint density at radius 1 is 1.09 bits per heavy atom. The van der Waals surface area contributed by atoms with E-state index < -0.39 is 10.0 Å². The van der Waals surface area contributed by atoms with Crippen molar-refractivity contribution in [1.29, 1.82) is 0 Å². The number of hydrogen-bond donors (Lipinski definition) is 0. The molecule has 124 valence electrons. The Balaban J connectivity index is 3.03. The monoisotopic (exact) mass is 326 g/mol. The summed E-state index contributed by atoms with van der Waals surface area (Å²) >= 11 is 0. The number of rotatable bonds is 6. The van der Waals surface area contributed by atoms with E-state index in [4.69, 9.17) is 0 Å². The third-order valence-electron chi connectivity index (χ3n) is 4.08. The van der Waals surface area contributed by atoms with Gasteiger partial charge in [-0.05, 0) is 51.5 Å². The number of carbonyl (C=O) groups excluding carboxylic acids is 1. The first-order valence-electron chi connectivity index (χ1n) is 7.48. The summed E-state index contributed by atoms with van der Waals surface area (Å²) in [5.74, 6) is -0.101. The van der Waals surface area contributed by atoms with E-state index in [1.807, 2.05) is 27.7 Å². The fourth-order valence-electron chi connectivity index (χ4n) is 1.89. The molecule has 1 aromatic carbocycles. The van der Waals surface area contributed by atoms with E-state index in [0.717, 1.165) is 6.42 Å². The second-order valence-corrected chi connectivity index (χ2v) is 7.81. The number of nitrogens with zero attached hydrogens (tertiary/aromatic N) is 2. The van der Waals surface area contributed by atoms with Crippen LogP contribution in [0, 0.1) is 0 Å². The average molecular weight is 326 g/mol. The Morgan fingerprint density at radius 2 is 1.59 bits per heavy atom. The third kappa shape index (κ3) is 3.87. The van der Waals surface area contributed by atoms with Crippen molar-refractivity contribution in [3.8, 4) is 0 Å². The van der Waals surface area contributed by atoms with Crippen LogP contribution in [0.2, 0.25) is 0 Å². The van der Waals surface area contributed by atoms with E-state index >= 15 is 0 Å². The molecule has 0 N–H and O–H groups in total. The molecule has 22 heavy (non-hydrogen) atoms. The van der Waals surface area contributed by atoms with Crippen molar-refractivity contribution in [2.24, 2.45) is 0 Å². The second-order valence-electron chi connectivity index (χ2n) is 5.81. The smallest absolute Gasteiger partial charge is 0.253 e. The van der Waals surface area contributed by atoms with Crippen LogP contribution in [-0.2, 0) is 10.0 Å². The van der Waals surface area contributed by atoms with Crippen LogP contribution in [-0.4, -0.2) is 49.7 Å². The van der Waals surface area contributed by atoms with Crippen LogP contribution in [0.3, 0.4) is 0 Å². The molecule has 6 heteroatoms. The lowest BCUT2D eigenvalue weighted by atomic mass is 10.1. The zero-order chi connectivity index (χ0) is 17.1. The maximum Gasteiger partial charge on any atom is 0.253 e. The minimum absolute atomic E-state index is 0.101. The second kappa shape index (κ2) is 7.24. The van der Waals surface area contributed by atoms with Crippen molar-refractivity contribution in [3.63, 3.8) is 0 Å². The highest BCUT2D eigenvalue weighted by molar-refractivity contribution is 7.89. The van der Waals surface area contributed by atoms with Gasteiger partial charge in [0.1, 0.15) is 0 Å². The zero-order valence-corrected chi connectivity index (χ0v) is 15.0. The first-order valence-corrected chi connectivity index (χ1v) is 8.92. The van der Waals surface area contributed by atoms with Gasteiger partial charge in [0.25, 0.3) is 5.91 Å². The number of amides is 1. The lowest BCUT2D eigenvalue weighted by molar-refractivity contribution is 0.0740. The van der Waals surface area contributed by atoms with Crippen LogP contribution < -0.4 is 0 Å². The van der Waals surface area contributed by atoms with Crippen LogP contribution in [0.1, 0.15) is 44.5 Å². The van der Waals surface area contributed by atoms with Gasteiger partial charge >= 0.3 is 0 Å². The minimum Gasteiger partial charge on any atom is -0.339 e. The molecule has 1 amide bonds. The molecule has 1 atom stereocenters.